The molecule has 5 atom stereocenters. The molecule has 1 saturated carbocycles. The van der Waals surface area contributed by atoms with Crippen molar-refractivity contribution in [3.63, 3.8) is 0 Å². The first kappa shape index (κ1) is 24.5. The Hall–Kier alpha value is -4.19. The summed E-state index contributed by atoms with van der Waals surface area (Å²) in [5, 5.41) is 0. The van der Waals surface area contributed by atoms with Crippen LogP contribution in [0.3, 0.4) is 0 Å². The molecular weight excluding hydrogens is 468 g/mol. The topological polar surface area (TPSA) is 78.9 Å². The number of benzene rings is 3. The van der Waals surface area contributed by atoms with Crippen LogP contribution < -0.4 is 0 Å². The Kier molecular flexibility index (Phi) is 7.45. The molecule has 1 heterocycles. The molecule has 37 heavy (non-hydrogen) atoms. The van der Waals surface area contributed by atoms with Gasteiger partial charge in [0.05, 0.1) is 17.5 Å². The predicted octanol–water partition coefficient (Wildman–Crippen LogP) is 5.19. The molecule has 0 radical (unpaired) electrons. The molecule has 2 aliphatic rings. The van der Waals surface area contributed by atoms with Gasteiger partial charge in [-0.3, -0.25) is 4.79 Å². The number of ether oxygens (including phenoxy) is 3. The Bertz CT molecular complexity index is 1250. The van der Waals surface area contributed by atoms with Crippen LogP contribution in [0.2, 0.25) is 0 Å². The molecule has 0 bridgehead atoms. The molecular formula is C31H28O6. The van der Waals surface area contributed by atoms with Crippen molar-refractivity contribution in [1.82, 2.24) is 0 Å². The fourth-order valence-electron chi connectivity index (χ4n) is 5.10. The van der Waals surface area contributed by atoms with Gasteiger partial charge in [-0.1, -0.05) is 72.8 Å². The molecule has 0 aromatic heterocycles. The van der Waals surface area contributed by atoms with Crippen molar-refractivity contribution in [3.8, 4) is 0 Å². The summed E-state index contributed by atoms with van der Waals surface area (Å²) in [6, 6.07) is 27.5. The summed E-state index contributed by atoms with van der Waals surface area (Å²) in [5.74, 6) is -1.40. The Labute approximate surface area is 215 Å². The van der Waals surface area contributed by atoms with E-state index in [0.29, 0.717) is 24.0 Å². The van der Waals surface area contributed by atoms with Crippen molar-refractivity contribution in [2.75, 3.05) is 0 Å². The third-order valence-corrected chi connectivity index (χ3v) is 6.91. The average molecular weight is 497 g/mol. The van der Waals surface area contributed by atoms with E-state index in [-0.39, 0.29) is 30.3 Å². The van der Waals surface area contributed by atoms with Crippen LogP contribution in [-0.4, -0.2) is 36.2 Å². The monoisotopic (exact) mass is 496 g/mol. The van der Waals surface area contributed by atoms with Gasteiger partial charge in [-0.15, -0.1) is 0 Å². The van der Waals surface area contributed by atoms with Gasteiger partial charge in [0.15, 0.2) is 0 Å². The van der Waals surface area contributed by atoms with Crippen molar-refractivity contribution >= 4 is 17.9 Å². The number of fused-ring (bicyclic) bond motifs is 1. The summed E-state index contributed by atoms with van der Waals surface area (Å²) in [6.07, 6.45) is 3.69. The second kappa shape index (κ2) is 11.2. The van der Waals surface area contributed by atoms with Crippen molar-refractivity contribution in [2.45, 2.75) is 37.6 Å². The average Bonchev–Trinajstić information content (AvgIpc) is 3.44. The molecule has 0 N–H and O–H groups in total. The maximum Gasteiger partial charge on any atom is 0.338 e. The third-order valence-electron chi connectivity index (χ3n) is 6.91. The van der Waals surface area contributed by atoms with E-state index in [1.54, 1.807) is 48.5 Å². The minimum absolute atomic E-state index is 0.0977. The highest BCUT2D eigenvalue weighted by Crippen LogP contribution is 2.43. The van der Waals surface area contributed by atoms with Crippen LogP contribution in [0.15, 0.2) is 103 Å². The Morgan fingerprint density at radius 3 is 2.11 bits per heavy atom. The predicted molar refractivity (Wildman–Crippen MR) is 137 cm³/mol. The van der Waals surface area contributed by atoms with Crippen LogP contribution in [0.25, 0.3) is 0 Å². The van der Waals surface area contributed by atoms with Crippen LogP contribution in [0.5, 0.6) is 0 Å². The fourth-order valence-corrected chi connectivity index (χ4v) is 5.10. The number of hydrogen-bond acceptors (Lipinski definition) is 6. The lowest BCUT2D eigenvalue weighted by atomic mass is 9.91. The molecule has 5 rings (SSSR count). The Morgan fingerprint density at radius 2 is 1.46 bits per heavy atom. The minimum atomic E-state index is -0.544. The number of carbonyl (C=O) groups excluding carboxylic acids is 3. The lowest BCUT2D eigenvalue weighted by molar-refractivity contribution is -0.141. The molecule has 3 aromatic rings. The van der Waals surface area contributed by atoms with Gasteiger partial charge < -0.3 is 14.2 Å². The van der Waals surface area contributed by atoms with E-state index < -0.39 is 24.1 Å². The zero-order valence-corrected chi connectivity index (χ0v) is 20.3. The zero-order chi connectivity index (χ0) is 25.6. The van der Waals surface area contributed by atoms with Gasteiger partial charge in [-0.2, -0.15) is 0 Å². The van der Waals surface area contributed by atoms with Crippen molar-refractivity contribution in [1.29, 1.82) is 0 Å². The van der Waals surface area contributed by atoms with E-state index in [4.69, 9.17) is 14.2 Å². The van der Waals surface area contributed by atoms with E-state index in [9.17, 15) is 14.4 Å². The third kappa shape index (κ3) is 5.97. The first-order valence-electron chi connectivity index (χ1n) is 12.5. The van der Waals surface area contributed by atoms with Crippen LogP contribution in [-0.2, 0) is 25.4 Å². The van der Waals surface area contributed by atoms with Crippen LogP contribution >= 0.6 is 0 Å². The number of rotatable bonds is 8. The van der Waals surface area contributed by atoms with E-state index >= 15 is 0 Å². The van der Waals surface area contributed by atoms with E-state index in [0.717, 1.165) is 5.56 Å². The van der Waals surface area contributed by atoms with Gasteiger partial charge in [0.25, 0.3) is 0 Å². The molecule has 6 nitrogen and oxygen atoms in total. The summed E-state index contributed by atoms with van der Waals surface area (Å²) in [5.41, 5.74) is 1.96. The fraction of sp³-hybridized carbons (Fsp3) is 0.258. The molecule has 0 unspecified atom stereocenters. The highest BCUT2D eigenvalue weighted by Gasteiger charge is 2.50. The van der Waals surface area contributed by atoms with Crippen LogP contribution in [0, 0.1) is 11.8 Å². The van der Waals surface area contributed by atoms with Crippen molar-refractivity contribution < 1.29 is 28.6 Å². The minimum Gasteiger partial charge on any atom is -0.462 e. The second-order valence-corrected chi connectivity index (χ2v) is 9.40. The number of hydrogen-bond donors (Lipinski definition) is 0. The van der Waals surface area contributed by atoms with E-state index in [2.05, 4.69) is 0 Å². The van der Waals surface area contributed by atoms with Crippen LogP contribution in [0.4, 0.5) is 0 Å². The normalized spacial score (nSPS) is 23.3. The molecule has 3 aromatic carbocycles. The summed E-state index contributed by atoms with van der Waals surface area (Å²) in [4.78, 5) is 37.6. The maximum absolute atomic E-state index is 12.8. The van der Waals surface area contributed by atoms with Crippen molar-refractivity contribution in [3.05, 3.63) is 120 Å². The molecule has 0 spiro atoms. The maximum atomic E-state index is 12.8. The van der Waals surface area contributed by atoms with Gasteiger partial charge in [-0.05, 0) is 35.9 Å². The van der Waals surface area contributed by atoms with E-state index in [1.165, 1.54) is 0 Å². The molecule has 1 saturated heterocycles. The van der Waals surface area contributed by atoms with Gasteiger partial charge in [0.1, 0.15) is 18.3 Å². The van der Waals surface area contributed by atoms with E-state index in [1.807, 2.05) is 54.6 Å². The SMILES string of the molecule is O=C1C[C@@H]2[C@@H](/C=C/[C@H](Cc3ccccc3)OC(=O)c3ccccc3)[C@H](OC(=O)c3ccccc3)C[C@@H]2O1. The zero-order valence-electron chi connectivity index (χ0n) is 20.3. The lowest BCUT2D eigenvalue weighted by Crippen LogP contribution is -2.25. The van der Waals surface area contributed by atoms with Gasteiger partial charge in [0, 0.05) is 24.7 Å². The largest absolute Gasteiger partial charge is 0.462 e. The molecule has 188 valence electrons. The molecule has 2 fully saturated rings. The standard InChI is InChI=1S/C31H28O6/c32-29-19-26-25(27(20-28(26)36-29)37-31(34)23-14-8-3-9-15-23)17-16-24(18-21-10-4-1-5-11-21)35-30(33)22-12-6-2-7-13-22/h1-17,24-28H,18-20H2/b17-16+/t24-,25-,26-,27-,28+/m1/s1. The molecule has 1 aliphatic carbocycles. The Morgan fingerprint density at radius 1 is 0.865 bits per heavy atom. The summed E-state index contributed by atoms with van der Waals surface area (Å²) >= 11 is 0. The highest BCUT2D eigenvalue weighted by molar-refractivity contribution is 5.90. The molecule has 0 amide bonds. The summed E-state index contributed by atoms with van der Waals surface area (Å²) in [6.45, 7) is 0. The highest BCUT2D eigenvalue weighted by atomic mass is 16.6. The van der Waals surface area contributed by atoms with Gasteiger partial charge in [0.2, 0.25) is 0 Å². The van der Waals surface area contributed by atoms with Crippen molar-refractivity contribution in [2.24, 2.45) is 11.8 Å². The number of esters is 3. The number of carbonyl (C=O) groups is 3. The molecule has 6 heteroatoms. The first-order valence-corrected chi connectivity index (χ1v) is 12.5. The quantitative estimate of drug-likeness (QED) is 0.243. The van der Waals surface area contributed by atoms with Crippen LogP contribution in [0.1, 0.15) is 39.1 Å². The lowest BCUT2D eigenvalue weighted by Gasteiger charge is -2.21. The summed E-state index contributed by atoms with van der Waals surface area (Å²) in [7, 11) is 0. The second-order valence-electron chi connectivity index (χ2n) is 9.40. The molecule has 1 aliphatic heterocycles. The van der Waals surface area contributed by atoms with Gasteiger partial charge >= 0.3 is 17.9 Å². The summed E-state index contributed by atoms with van der Waals surface area (Å²) < 4.78 is 17.3. The Balaban J connectivity index is 1.37. The van der Waals surface area contributed by atoms with Gasteiger partial charge in [-0.25, -0.2) is 9.59 Å². The first-order chi connectivity index (χ1) is 18.1. The smallest absolute Gasteiger partial charge is 0.338 e.